The van der Waals surface area contributed by atoms with E-state index < -0.39 is 5.91 Å². The summed E-state index contributed by atoms with van der Waals surface area (Å²) in [5.41, 5.74) is 3.43. The van der Waals surface area contributed by atoms with E-state index in [9.17, 15) is 9.59 Å². The first-order valence-electron chi connectivity index (χ1n) is 9.36. The highest BCUT2D eigenvalue weighted by atomic mass is 16.5. The van der Waals surface area contributed by atoms with Crippen LogP contribution >= 0.6 is 0 Å². The Morgan fingerprint density at radius 1 is 1.22 bits per heavy atom. The Hall–Kier alpha value is -2.44. The average Bonchev–Trinajstić information content (AvgIpc) is 2.72. The lowest BCUT2D eigenvalue weighted by Gasteiger charge is -2.29. The predicted octanol–water partition coefficient (Wildman–Crippen LogP) is 2.97. The topological polar surface area (TPSA) is 87.7 Å². The predicted molar refractivity (Wildman–Crippen MR) is 104 cm³/mol. The molecule has 1 amide bonds. The van der Waals surface area contributed by atoms with E-state index in [0.29, 0.717) is 12.5 Å². The minimum Gasteiger partial charge on any atom is -0.460 e. The van der Waals surface area contributed by atoms with Crippen LogP contribution in [-0.2, 0) is 20.9 Å². The fraction of sp³-hybridized carbons (Fsp3) is 0.429. The van der Waals surface area contributed by atoms with E-state index in [0.717, 1.165) is 36.8 Å². The fourth-order valence-electron chi connectivity index (χ4n) is 3.32. The molecule has 1 atom stereocenters. The lowest BCUT2D eigenvalue weighted by Crippen LogP contribution is -2.44. The second-order valence-electron chi connectivity index (χ2n) is 6.73. The van der Waals surface area contributed by atoms with Crippen molar-refractivity contribution in [2.75, 3.05) is 6.61 Å². The number of hydrogen-bond donors (Lipinski definition) is 3. The Kier molecular flexibility index (Phi) is 8.74. The molecular weight excluding hydrogens is 344 g/mol. The standard InChI is InChI=1S/C21H28N2O4/c1-2-14-27-21(25)20(18-6-4-3-5-7-18)22-15-17-10-8-16(9-11-17)12-13-19(24)23-26/h2,8-13,18,20,22,26H,1,3-7,14-15H2,(H,23,24)/t20-/m0/s1. The summed E-state index contributed by atoms with van der Waals surface area (Å²) in [7, 11) is 0. The molecule has 0 heterocycles. The van der Waals surface area contributed by atoms with Crippen LogP contribution in [0, 0.1) is 5.92 Å². The van der Waals surface area contributed by atoms with Gasteiger partial charge in [0.1, 0.15) is 12.6 Å². The molecule has 1 aliphatic carbocycles. The quantitative estimate of drug-likeness (QED) is 0.204. The maximum absolute atomic E-state index is 12.5. The zero-order valence-electron chi connectivity index (χ0n) is 15.5. The Bertz CT molecular complexity index is 649. The van der Waals surface area contributed by atoms with Gasteiger partial charge >= 0.3 is 5.97 Å². The molecule has 1 aromatic carbocycles. The normalized spacial score (nSPS) is 16.0. The summed E-state index contributed by atoms with van der Waals surface area (Å²) in [6, 6.07) is 7.33. The first-order chi connectivity index (χ1) is 13.1. The van der Waals surface area contributed by atoms with Crippen LogP contribution in [0.4, 0.5) is 0 Å². The van der Waals surface area contributed by atoms with Gasteiger partial charge in [-0.3, -0.25) is 14.8 Å². The Morgan fingerprint density at radius 3 is 2.56 bits per heavy atom. The van der Waals surface area contributed by atoms with Gasteiger partial charge < -0.3 is 10.1 Å². The maximum atomic E-state index is 12.5. The van der Waals surface area contributed by atoms with Crippen molar-refractivity contribution in [3.05, 3.63) is 54.1 Å². The Morgan fingerprint density at radius 2 is 1.93 bits per heavy atom. The lowest BCUT2D eigenvalue weighted by molar-refractivity contribution is -0.147. The zero-order valence-corrected chi connectivity index (χ0v) is 15.5. The van der Waals surface area contributed by atoms with Gasteiger partial charge in [0.25, 0.3) is 5.91 Å². The molecule has 2 rings (SSSR count). The number of benzene rings is 1. The SMILES string of the molecule is C=CCOC(=O)[C@@H](NCc1ccc(C=CC(=O)NO)cc1)C1CCCCC1. The summed E-state index contributed by atoms with van der Waals surface area (Å²) in [6.07, 6.45) is 10.1. The van der Waals surface area contributed by atoms with E-state index >= 15 is 0 Å². The van der Waals surface area contributed by atoms with Crippen molar-refractivity contribution in [3.8, 4) is 0 Å². The first kappa shape index (κ1) is 20.9. The molecule has 1 aromatic rings. The Balaban J connectivity index is 1.96. The molecule has 0 aromatic heterocycles. The number of nitrogens with one attached hydrogen (secondary N) is 2. The summed E-state index contributed by atoms with van der Waals surface area (Å²) >= 11 is 0. The summed E-state index contributed by atoms with van der Waals surface area (Å²) in [6.45, 7) is 4.38. The van der Waals surface area contributed by atoms with E-state index in [-0.39, 0.29) is 18.6 Å². The highest BCUT2D eigenvalue weighted by molar-refractivity contribution is 5.90. The van der Waals surface area contributed by atoms with Crippen LogP contribution in [0.2, 0.25) is 0 Å². The van der Waals surface area contributed by atoms with Crippen molar-refractivity contribution < 1.29 is 19.5 Å². The van der Waals surface area contributed by atoms with Gasteiger partial charge in [-0.15, -0.1) is 0 Å². The molecule has 0 radical (unpaired) electrons. The second kappa shape index (κ2) is 11.3. The van der Waals surface area contributed by atoms with Crippen molar-refractivity contribution in [3.63, 3.8) is 0 Å². The van der Waals surface area contributed by atoms with E-state index in [1.807, 2.05) is 24.3 Å². The molecule has 0 saturated heterocycles. The van der Waals surface area contributed by atoms with Crippen LogP contribution in [0.5, 0.6) is 0 Å². The molecule has 146 valence electrons. The minimum absolute atomic E-state index is 0.212. The number of carbonyl (C=O) groups is 2. The van der Waals surface area contributed by atoms with E-state index in [1.165, 1.54) is 12.5 Å². The van der Waals surface area contributed by atoms with E-state index in [1.54, 1.807) is 17.6 Å². The zero-order chi connectivity index (χ0) is 19.5. The lowest BCUT2D eigenvalue weighted by atomic mass is 9.84. The molecule has 1 aliphatic rings. The number of ether oxygens (including phenoxy) is 1. The maximum Gasteiger partial charge on any atom is 0.323 e. The van der Waals surface area contributed by atoms with Gasteiger partial charge in [0, 0.05) is 12.6 Å². The summed E-state index contributed by atoms with van der Waals surface area (Å²) in [5, 5.41) is 11.9. The molecule has 1 fully saturated rings. The average molecular weight is 372 g/mol. The molecular formula is C21H28N2O4. The molecule has 27 heavy (non-hydrogen) atoms. The van der Waals surface area contributed by atoms with Crippen LogP contribution in [0.15, 0.2) is 43.0 Å². The summed E-state index contributed by atoms with van der Waals surface area (Å²) in [5.74, 6) is -0.485. The Labute approximate surface area is 160 Å². The molecule has 3 N–H and O–H groups in total. The fourth-order valence-corrected chi connectivity index (χ4v) is 3.32. The minimum atomic E-state index is -0.575. The number of carbonyl (C=O) groups excluding carboxylic acids is 2. The molecule has 1 saturated carbocycles. The highest BCUT2D eigenvalue weighted by Gasteiger charge is 2.30. The van der Waals surface area contributed by atoms with Crippen LogP contribution in [0.25, 0.3) is 6.08 Å². The number of rotatable bonds is 9. The first-order valence-corrected chi connectivity index (χ1v) is 9.36. The van der Waals surface area contributed by atoms with Gasteiger partial charge in [-0.1, -0.05) is 56.2 Å². The molecule has 6 nitrogen and oxygen atoms in total. The van der Waals surface area contributed by atoms with Crippen molar-refractivity contribution in [1.82, 2.24) is 10.8 Å². The van der Waals surface area contributed by atoms with Crippen molar-refractivity contribution in [2.24, 2.45) is 5.92 Å². The van der Waals surface area contributed by atoms with Crippen LogP contribution in [0.1, 0.15) is 43.2 Å². The number of amides is 1. The molecule has 0 unspecified atom stereocenters. The van der Waals surface area contributed by atoms with Crippen molar-refractivity contribution in [1.29, 1.82) is 0 Å². The molecule has 0 spiro atoms. The smallest absolute Gasteiger partial charge is 0.323 e. The molecule has 6 heteroatoms. The van der Waals surface area contributed by atoms with E-state index in [4.69, 9.17) is 9.94 Å². The van der Waals surface area contributed by atoms with Crippen molar-refractivity contribution >= 4 is 18.0 Å². The second-order valence-corrected chi connectivity index (χ2v) is 6.73. The highest BCUT2D eigenvalue weighted by Crippen LogP contribution is 2.27. The van der Waals surface area contributed by atoms with Crippen LogP contribution in [0.3, 0.4) is 0 Å². The van der Waals surface area contributed by atoms with Gasteiger partial charge in [0.15, 0.2) is 0 Å². The molecule has 0 aliphatic heterocycles. The van der Waals surface area contributed by atoms with Gasteiger partial charge in [-0.25, -0.2) is 5.48 Å². The van der Waals surface area contributed by atoms with E-state index in [2.05, 4.69) is 11.9 Å². The van der Waals surface area contributed by atoms with Crippen molar-refractivity contribution in [2.45, 2.75) is 44.7 Å². The van der Waals surface area contributed by atoms with Gasteiger partial charge in [-0.05, 0) is 36.0 Å². The summed E-state index contributed by atoms with van der Waals surface area (Å²) < 4.78 is 5.29. The van der Waals surface area contributed by atoms with Gasteiger partial charge in [0.05, 0.1) is 0 Å². The number of hydroxylamine groups is 1. The number of esters is 1. The largest absolute Gasteiger partial charge is 0.460 e. The number of hydrogen-bond acceptors (Lipinski definition) is 5. The third-order valence-electron chi connectivity index (χ3n) is 4.76. The third kappa shape index (κ3) is 7.00. The summed E-state index contributed by atoms with van der Waals surface area (Å²) in [4.78, 5) is 23.5. The van der Waals surface area contributed by atoms with Gasteiger partial charge in [0.2, 0.25) is 0 Å². The molecule has 0 bridgehead atoms. The third-order valence-corrected chi connectivity index (χ3v) is 4.76. The monoisotopic (exact) mass is 372 g/mol. The van der Waals surface area contributed by atoms with Crippen LogP contribution < -0.4 is 10.8 Å². The van der Waals surface area contributed by atoms with Gasteiger partial charge in [-0.2, -0.15) is 0 Å². The van der Waals surface area contributed by atoms with Crippen LogP contribution in [-0.4, -0.2) is 29.7 Å².